The van der Waals surface area contributed by atoms with Crippen molar-refractivity contribution in [2.24, 2.45) is 12.2 Å². The zero-order valence-electron chi connectivity index (χ0n) is 21.1. The van der Waals surface area contributed by atoms with E-state index >= 15 is 0 Å². The van der Waals surface area contributed by atoms with Crippen molar-refractivity contribution in [1.29, 1.82) is 0 Å². The van der Waals surface area contributed by atoms with E-state index in [0.29, 0.717) is 5.57 Å². The molecule has 2 atom stereocenters. The molecule has 0 bridgehead atoms. The van der Waals surface area contributed by atoms with E-state index in [-0.39, 0.29) is 33.2 Å². The third-order valence-electron chi connectivity index (χ3n) is 4.98. The summed E-state index contributed by atoms with van der Waals surface area (Å²) in [5.74, 6) is -2.86. The maximum atomic E-state index is 13.0. The summed E-state index contributed by atoms with van der Waals surface area (Å²) >= 11 is 3.15. The third-order valence-corrected chi connectivity index (χ3v) is 8.11. The fourth-order valence-electron chi connectivity index (χ4n) is 3.39. The summed E-state index contributed by atoms with van der Waals surface area (Å²) in [7, 11) is -1.50. The lowest BCUT2D eigenvalue weighted by Crippen LogP contribution is -2.71. The van der Waals surface area contributed by atoms with Gasteiger partial charge in [0.05, 0.1) is 4.11 Å². The Morgan fingerprint density at radius 1 is 1.44 bits per heavy atom. The number of thiazole rings is 1. The van der Waals surface area contributed by atoms with Crippen LogP contribution in [-0.4, -0.2) is 83.2 Å². The quantitative estimate of drug-likeness (QED) is 0.0948. The number of aliphatic carboxylic acids is 1. The highest BCUT2D eigenvalue weighted by molar-refractivity contribution is 8.01. The molecule has 0 radical (unpaired) electrons. The molecule has 0 aromatic carbocycles. The number of hydrogen-bond donors (Lipinski definition) is 4. The van der Waals surface area contributed by atoms with Crippen LogP contribution in [-0.2, 0) is 26.3 Å². The molecule has 5 N–H and O–H groups in total. The van der Waals surface area contributed by atoms with Crippen molar-refractivity contribution in [3.8, 4) is 0 Å². The van der Waals surface area contributed by atoms with Gasteiger partial charge in [0.1, 0.15) is 29.8 Å². The number of anilines is 1. The molecule has 0 saturated carbocycles. The van der Waals surface area contributed by atoms with Crippen molar-refractivity contribution in [2.45, 2.75) is 16.6 Å². The number of rotatable bonds is 8. The number of β-lactam (4-membered cyclic amide) rings is 1. The normalized spacial score (nSPS) is 21.1. The van der Waals surface area contributed by atoms with E-state index in [9.17, 15) is 29.1 Å². The fourth-order valence-corrected chi connectivity index (χ4v) is 6.34. The lowest BCUT2D eigenvalue weighted by atomic mass is 10.0. The Balaban J connectivity index is 1.52. The average Bonchev–Trinajstić information content (AvgIpc) is 3.28. The molecule has 4 heterocycles. The number of nitrogens with one attached hydrogen (secondary N) is 2. The molecule has 2 aliphatic heterocycles. The zero-order valence-corrected chi connectivity index (χ0v) is 20.5. The number of fused-ring (bicyclic) bond motifs is 1. The minimum absolute atomic E-state index is 0.0446. The number of thioether (sulfide) groups is 2. The second kappa shape index (κ2) is 10.2. The lowest BCUT2D eigenvalue weighted by Gasteiger charge is -2.49. The van der Waals surface area contributed by atoms with E-state index in [4.69, 9.17) is 9.85 Å². The Bertz CT molecular complexity index is 1530. The standard InChI is InChI=1S/C18H18N8O7S3/c1-25-18(22-12(28)13(29)23-25)36-4-6-3-34-15-9(14(30)26(15)10(6)16(31)32)21-11(27)8(24-33-2)7-5-35-17(19)20-7/h5,9,15H,3-4H2,1-2H3,(H2,19,20)(H,21,27)(H,23,29)(H,31,32)/b24-8+/t9-,15-/m1/s1/i2D3. The summed E-state index contributed by atoms with van der Waals surface area (Å²) in [5, 5.41) is 18.7. The zero-order chi connectivity index (χ0) is 28.6. The smallest absolute Gasteiger partial charge is 0.352 e. The van der Waals surface area contributed by atoms with Gasteiger partial charge in [0.2, 0.25) is 0 Å². The number of carbonyl (C=O) groups excluding carboxylic acids is 2. The van der Waals surface area contributed by atoms with E-state index in [1.54, 1.807) is 0 Å². The maximum Gasteiger partial charge on any atom is 0.352 e. The Kier molecular flexibility index (Phi) is 6.10. The molecule has 190 valence electrons. The second-order valence-corrected chi connectivity index (χ2v) is 10.1. The number of aromatic nitrogens is 4. The predicted octanol–water partition coefficient (Wildman–Crippen LogP) is -1.61. The molecule has 18 heteroatoms. The highest BCUT2D eigenvalue weighted by atomic mass is 32.2. The molecule has 0 aliphatic carbocycles. The summed E-state index contributed by atoms with van der Waals surface area (Å²) in [6.07, 6.45) is 0. The first-order valence-corrected chi connectivity index (χ1v) is 12.7. The van der Waals surface area contributed by atoms with Gasteiger partial charge in [-0.25, -0.2) is 9.78 Å². The monoisotopic (exact) mass is 557 g/mol. The van der Waals surface area contributed by atoms with Gasteiger partial charge in [-0.2, -0.15) is 4.98 Å². The number of amides is 2. The fraction of sp³-hybridized carbons (Fsp3) is 0.333. The summed E-state index contributed by atoms with van der Waals surface area (Å²) in [4.78, 5) is 74.0. The molecule has 4 rings (SSSR count). The van der Waals surface area contributed by atoms with Crippen LogP contribution in [0.1, 0.15) is 9.81 Å². The van der Waals surface area contributed by atoms with Crippen molar-refractivity contribution in [2.75, 3.05) is 24.3 Å². The van der Waals surface area contributed by atoms with Crippen molar-refractivity contribution >= 4 is 63.5 Å². The largest absolute Gasteiger partial charge is 0.477 e. The van der Waals surface area contributed by atoms with E-state index in [1.165, 1.54) is 28.9 Å². The molecule has 2 aromatic rings. The molecule has 1 saturated heterocycles. The number of nitrogens with two attached hydrogens (primary N) is 1. The molecule has 2 aromatic heterocycles. The van der Waals surface area contributed by atoms with Crippen LogP contribution in [0.25, 0.3) is 0 Å². The first kappa shape index (κ1) is 21.6. The molecule has 1 fully saturated rings. The number of nitrogens with zero attached hydrogens (tertiary/aromatic N) is 5. The third kappa shape index (κ3) is 4.73. The minimum Gasteiger partial charge on any atom is -0.477 e. The molecule has 2 aliphatic rings. The molecular formula is C18H18N8O7S3. The van der Waals surface area contributed by atoms with E-state index in [1.807, 2.05) is 0 Å². The van der Waals surface area contributed by atoms with Crippen LogP contribution >= 0.6 is 34.9 Å². The van der Waals surface area contributed by atoms with Gasteiger partial charge in [-0.05, 0) is 5.57 Å². The number of oxime groups is 1. The van der Waals surface area contributed by atoms with Crippen molar-refractivity contribution < 1.29 is 28.4 Å². The number of nitrogen functional groups attached to an aromatic ring is 1. The minimum atomic E-state index is -2.96. The van der Waals surface area contributed by atoms with Gasteiger partial charge < -0.3 is 21.0 Å². The number of aromatic amines is 1. The van der Waals surface area contributed by atoms with Crippen LogP contribution in [0.3, 0.4) is 0 Å². The van der Waals surface area contributed by atoms with Gasteiger partial charge in [-0.1, -0.05) is 16.9 Å². The maximum absolute atomic E-state index is 13.0. The van der Waals surface area contributed by atoms with Crippen LogP contribution in [0.15, 0.2) is 36.6 Å². The molecular weight excluding hydrogens is 536 g/mol. The molecule has 0 spiro atoms. The van der Waals surface area contributed by atoms with Crippen LogP contribution in [0.4, 0.5) is 5.13 Å². The van der Waals surface area contributed by atoms with Gasteiger partial charge in [0.25, 0.3) is 11.8 Å². The highest BCUT2D eigenvalue weighted by Crippen LogP contribution is 2.41. The van der Waals surface area contributed by atoms with E-state index < -0.39 is 53.1 Å². The first-order valence-electron chi connectivity index (χ1n) is 11.3. The summed E-state index contributed by atoms with van der Waals surface area (Å²) < 4.78 is 22.7. The number of carboxylic acids is 1. The molecule has 36 heavy (non-hydrogen) atoms. The first-order chi connectivity index (χ1) is 18.3. The SMILES string of the molecule is [2H]C([2H])([2H])O/N=C(/C(=O)N[C@@H]1C(=O)N2C(C(=O)O)=C(CSc3nc(=O)c(=O)[nH]n3C)CS[C@H]12)c1csc(N)n1. The number of H-pyrrole nitrogens is 1. The molecule has 2 amide bonds. The number of carbonyl (C=O) groups is 3. The van der Waals surface area contributed by atoms with Crippen molar-refractivity contribution in [3.63, 3.8) is 0 Å². The van der Waals surface area contributed by atoms with Gasteiger partial charge in [0.15, 0.2) is 16.0 Å². The topological polar surface area (TPSA) is 215 Å². The second-order valence-electron chi connectivity index (χ2n) is 7.21. The Labute approximate surface area is 218 Å². The predicted molar refractivity (Wildman–Crippen MR) is 131 cm³/mol. The van der Waals surface area contributed by atoms with Gasteiger partial charge in [0, 0.05) is 23.9 Å². The summed E-state index contributed by atoms with van der Waals surface area (Å²) in [6, 6.07) is -1.15. The van der Waals surface area contributed by atoms with Crippen molar-refractivity contribution in [3.05, 3.63) is 43.1 Å². The van der Waals surface area contributed by atoms with Crippen LogP contribution in [0, 0.1) is 0 Å². The Morgan fingerprint density at radius 3 is 2.89 bits per heavy atom. The van der Waals surface area contributed by atoms with Gasteiger partial charge >= 0.3 is 17.1 Å². The van der Waals surface area contributed by atoms with Crippen LogP contribution in [0.5, 0.6) is 0 Å². The van der Waals surface area contributed by atoms with Crippen LogP contribution < -0.4 is 22.2 Å². The summed E-state index contributed by atoms with van der Waals surface area (Å²) in [5.41, 5.74) is 3.17. The Morgan fingerprint density at radius 2 is 2.22 bits per heavy atom. The van der Waals surface area contributed by atoms with Crippen LogP contribution in [0.2, 0.25) is 0 Å². The number of carboxylic acid groups (broad SMARTS) is 1. The van der Waals surface area contributed by atoms with Gasteiger partial charge in [-0.3, -0.25) is 33.9 Å². The average molecular weight is 558 g/mol. The van der Waals surface area contributed by atoms with Crippen molar-refractivity contribution in [1.82, 2.24) is 30.0 Å². The molecule has 0 unspecified atom stereocenters. The highest BCUT2D eigenvalue weighted by Gasteiger charge is 2.54. The van der Waals surface area contributed by atoms with E-state index in [0.717, 1.165) is 28.0 Å². The number of aryl methyl sites for hydroxylation is 1. The Hall–Kier alpha value is -3.64. The molecule has 15 nitrogen and oxygen atoms in total. The van der Waals surface area contributed by atoms with E-state index in [2.05, 4.69) is 30.4 Å². The van der Waals surface area contributed by atoms with Gasteiger partial charge in [-0.15, -0.1) is 23.1 Å². The lowest BCUT2D eigenvalue weighted by molar-refractivity contribution is -0.150. The number of hydrogen-bond acceptors (Lipinski definition) is 13. The summed E-state index contributed by atoms with van der Waals surface area (Å²) in [6.45, 7) is 0.